The zero-order valence-corrected chi connectivity index (χ0v) is 7.92. The van der Waals surface area contributed by atoms with E-state index in [1.54, 1.807) is 19.9 Å². The summed E-state index contributed by atoms with van der Waals surface area (Å²) >= 11 is 0. The van der Waals surface area contributed by atoms with E-state index < -0.39 is 11.5 Å². The van der Waals surface area contributed by atoms with Crippen LogP contribution >= 0.6 is 0 Å². The maximum atomic E-state index is 10.8. The number of carboxylic acid groups (broad SMARTS) is 1. The van der Waals surface area contributed by atoms with E-state index >= 15 is 0 Å². The first-order chi connectivity index (χ1) is 5.85. The first-order valence-electron chi connectivity index (χ1n) is 3.95. The summed E-state index contributed by atoms with van der Waals surface area (Å²) in [5.41, 5.74) is 4.79. The van der Waals surface area contributed by atoms with Crippen molar-refractivity contribution in [2.24, 2.45) is 5.73 Å². The number of rotatable bonds is 2. The SMILES string of the molecule is Cc1cc(C(C)(N)C(=O)O)c(C)o1. The van der Waals surface area contributed by atoms with Crippen LogP contribution in [0, 0.1) is 13.8 Å². The molecule has 1 aromatic heterocycles. The van der Waals surface area contributed by atoms with Crippen LogP contribution in [0.2, 0.25) is 0 Å². The molecule has 1 atom stereocenters. The smallest absolute Gasteiger partial charge is 0.328 e. The normalized spacial score (nSPS) is 15.4. The number of aryl methyl sites for hydroxylation is 2. The first-order valence-corrected chi connectivity index (χ1v) is 3.95. The maximum Gasteiger partial charge on any atom is 0.328 e. The Hall–Kier alpha value is -1.29. The van der Waals surface area contributed by atoms with Crippen molar-refractivity contribution in [1.82, 2.24) is 0 Å². The Kier molecular flexibility index (Phi) is 2.17. The summed E-state index contributed by atoms with van der Waals surface area (Å²) in [4.78, 5) is 10.8. The highest BCUT2D eigenvalue weighted by Gasteiger charge is 2.33. The van der Waals surface area contributed by atoms with Gasteiger partial charge in [-0.3, -0.25) is 0 Å². The lowest BCUT2D eigenvalue weighted by Gasteiger charge is -2.17. The molecule has 0 radical (unpaired) electrons. The van der Waals surface area contributed by atoms with Crippen LogP contribution in [-0.2, 0) is 10.3 Å². The predicted molar refractivity (Wildman–Crippen MR) is 47.4 cm³/mol. The number of nitrogens with two attached hydrogens (primary N) is 1. The monoisotopic (exact) mass is 183 g/mol. The van der Waals surface area contributed by atoms with Gasteiger partial charge in [-0.15, -0.1) is 0 Å². The van der Waals surface area contributed by atoms with Crippen molar-refractivity contribution in [2.75, 3.05) is 0 Å². The van der Waals surface area contributed by atoms with Crippen molar-refractivity contribution < 1.29 is 14.3 Å². The summed E-state index contributed by atoms with van der Waals surface area (Å²) in [7, 11) is 0. The molecule has 4 heteroatoms. The molecule has 0 bridgehead atoms. The second-order valence-electron chi connectivity index (χ2n) is 3.33. The molecular weight excluding hydrogens is 170 g/mol. The molecule has 0 saturated heterocycles. The molecule has 1 unspecified atom stereocenters. The Morgan fingerprint density at radius 1 is 1.62 bits per heavy atom. The van der Waals surface area contributed by atoms with Crippen molar-refractivity contribution in [3.8, 4) is 0 Å². The van der Waals surface area contributed by atoms with Gasteiger partial charge in [-0.1, -0.05) is 0 Å². The van der Waals surface area contributed by atoms with Gasteiger partial charge < -0.3 is 15.3 Å². The summed E-state index contributed by atoms with van der Waals surface area (Å²) in [6.07, 6.45) is 0. The predicted octanol–water partition coefficient (Wildman–Crippen LogP) is 1.15. The van der Waals surface area contributed by atoms with Crippen LogP contribution in [-0.4, -0.2) is 11.1 Å². The molecule has 0 aliphatic rings. The molecule has 3 N–H and O–H groups in total. The van der Waals surface area contributed by atoms with E-state index in [1.807, 2.05) is 0 Å². The van der Waals surface area contributed by atoms with E-state index in [2.05, 4.69) is 0 Å². The molecule has 13 heavy (non-hydrogen) atoms. The molecule has 0 spiro atoms. The van der Waals surface area contributed by atoms with Gasteiger partial charge >= 0.3 is 5.97 Å². The Bertz CT molecular complexity index is 339. The maximum absolute atomic E-state index is 10.8. The van der Waals surface area contributed by atoms with Gasteiger partial charge in [0.15, 0.2) is 0 Å². The topological polar surface area (TPSA) is 76.5 Å². The van der Waals surface area contributed by atoms with Gasteiger partial charge in [0.1, 0.15) is 17.1 Å². The first kappa shape index (κ1) is 9.80. The minimum absolute atomic E-state index is 0.525. The van der Waals surface area contributed by atoms with E-state index in [0.29, 0.717) is 17.1 Å². The molecule has 0 aromatic carbocycles. The van der Waals surface area contributed by atoms with Crippen molar-refractivity contribution in [3.05, 3.63) is 23.2 Å². The molecular formula is C9H13NO3. The zero-order chi connectivity index (χ0) is 10.2. The third kappa shape index (κ3) is 1.58. The van der Waals surface area contributed by atoms with Crippen LogP contribution in [0.5, 0.6) is 0 Å². The Morgan fingerprint density at radius 2 is 2.15 bits per heavy atom. The number of furan rings is 1. The van der Waals surface area contributed by atoms with Gasteiger partial charge in [-0.05, 0) is 26.8 Å². The second-order valence-corrected chi connectivity index (χ2v) is 3.33. The standard InChI is InChI=1S/C9H13NO3/c1-5-4-7(6(2)13-5)9(3,10)8(11)12/h4H,10H2,1-3H3,(H,11,12). The largest absolute Gasteiger partial charge is 0.480 e. The molecule has 0 fully saturated rings. The fourth-order valence-electron chi connectivity index (χ4n) is 1.26. The van der Waals surface area contributed by atoms with Gasteiger partial charge in [-0.25, -0.2) is 4.79 Å². The van der Waals surface area contributed by atoms with Gasteiger partial charge in [0, 0.05) is 5.56 Å². The minimum atomic E-state index is -1.37. The Morgan fingerprint density at radius 3 is 2.46 bits per heavy atom. The molecule has 0 saturated carbocycles. The fourth-order valence-corrected chi connectivity index (χ4v) is 1.26. The van der Waals surface area contributed by atoms with E-state index in [0.717, 1.165) is 0 Å². The second kappa shape index (κ2) is 2.88. The average molecular weight is 183 g/mol. The Labute approximate surface area is 76.3 Å². The van der Waals surface area contributed by atoms with E-state index in [9.17, 15) is 4.79 Å². The number of hydrogen-bond donors (Lipinski definition) is 2. The molecule has 4 nitrogen and oxygen atoms in total. The quantitative estimate of drug-likeness (QED) is 0.721. The van der Waals surface area contributed by atoms with Crippen LogP contribution in [0.1, 0.15) is 24.0 Å². The summed E-state index contributed by atoms with van der Waals surface area (Å²) in [6, 6.07) is 1.66. The van der Waals surface area contributed by atoms with Gasteiger partial charge in [0.2, 0.25) is 0 Å². The minimum Gasteiger partial charge on any atom is -0.480 e. The molecule has 0 aliphatic carbocycles. The average Bonchev–Trinajstić information content (AvgIpc) is 2.30. The molecule has 1 rings (SSSR count). The van der Waals surface area contributed by atoms with E-state index in [4.69, 9.17) is 15.3 Å². The van der Waals surface area contributed by atoms with Crippen LogP contribution in [0.3, 0.4) is 0 Å². The van der Waals surface area contributed by atoms with Crippen molar-refractivity contribution in [3.63, 3.8) is 0 Å². The van der Waals surface area contributed by atoms with Gasteiger partial charge in [0.05, 0.1) is 0 Å². The molecule has 1 heterocycles. The number of carbonyl (C=O) groups is 1. The van der Waals surface area contributed by atoms with Gasteiger partial charge in [-0.2, -0.15) is 0 Å². The lowest BCUT2D eigenvalue weighted by atomic mass is 9.94. The fraction of sp³-hybridized carbons (Fsp3) is 0.444. The molecule has 1 aromatic rings. The van der Waals surface area contributed by atoms with E-state index in [-0.39, 0.29) is 0 Å². The number of hydrogen-bond acceptors (Lipinski definition) is 3. The van der Waals surface area contributed by atoms with Crippen LogP contribution in [0.15, 0.2) is 10.5 Å². The van der Waals surface area contributed by atoms with Crippen LogP contribution in [0.4, 0.5) is 0 Å². The number of carboxylic acids is 1. The number of aliphatic carboxylic acids is 1. The lowest BCUT2D eigenvalue weighted by molar-refractivity contribution is -0.143. The van der Waals surface area contributed by atoms with Crippen molar-refractivity contribution >= 4 is 5.97 Å². The molecule has 0 amide bonds. The third-order valence-electron chi connectivity index (χ3n) is 2.04. The van der Waals surface area contributed by atoms with Gasteiger partial charge in [0.25, 0.3) is 0 Å². The summed E-state index contributed by atoms with van der Waals surface area (Å²) < 4.78 is 5.21. The van der Waals surface area contributed by atoms with Crippen LogP contribution < -0.4 is 5.73 Å². The lowest BCUT2D eigenvalue weighted by Crippen LogP contribution is -2.41. The molecule has 72 valence electrons. The molecule has 0 aliphatic heterocycles. The van der Waals surface area contributed by atoms with Crippen LogP contribution in [0.25, 0.3) is 0 Å². The summed E-state index contributed by atoms with van der Waals surface area (Å²) in [5, 5.41) is 8.86. The van der Waals surface area contributed by atoms with Crippen molar-refractivity contribution in [2.45, 2.75) is 26.3 Å². The highest BCUT2D eigenvalue weighted by molar-refractivity contribution is 5.80. The highest BCUT2D eigenvalue weighted by Crippen LogP contribution is 2.24. The zero-order valence-electron chi connectivity index (χ0n) is 7.92. The summed E-state index contributed by atoms with van der Waals surface area (Å²) in [6.45, 7) is 4.91. The summed E-state index contributed by atoms with van der Waals surface area (Å²) in [5.74, 6) is 0.173. The Balaban J connectivity index is 3.21. The third-order valence-corrected chi connectivity index (χ3v) is 2.04. The van der Waals surface area contributed by atoms with Crippen molar-refractivity contribution in [1.29, 1.82) is 0 Å². The highest BCUT2D eigenvalue weighted by atomic mass is 16.4. The van der Waals surface area contributed by atoms with E-state index in [1.165, 1.54) is 6.92 Å².